The van der Waals surface area contributed by atoms with Crippen LogP contribution in [0.15, 0.2) is 18.3 Å². The molecule has 0 atom stereocenters. The number of pyridine rings is 1. The lowest BCUT2D eigenvalue weighted by molar-refractivity contribution is -0.141. The molecular weight excluding hydrogens is 323 g/mol. The van der Waals surface area contributed by atoms with Crippen LogP contribution in [0.25, 0.3) is 0 Å². The first kappa shape index (κ1) is 15.6. The van der Waals surface area contributed by atoms with Crippen molar-refractivity contribution >= 4 is 35.1 Å². The lowest BCUT2D eigenvalue weighted by Crippen LogP contribution is -2.15. The van der Waals surface area contributed by atoms with E-state index in [2.05, 4.69) is 15.3 Å². The van der Waals surface area contributed by atoms with Gasteiger partial charge in [0.05, 0.1) is 18.3 Å². The Labute approximate surface area is 127 Å². The molecular formula is C12H10F3N3OS2. The smallest absolute Gasteiger partial charge is 0.341 e. The number of anilines is 1. The first-order valence-corrected chi connectivity index (χ1v) is 7.00. The van der Waals surface area contributed by atoms with Gasteiger partial charge in [-0.05, 0) is 31.3 Å². The van der Waals surface area contributed by atoms with Crippen molar-refractivity contribution in [2.75, 3.05) is 5.32 Å². The topological polar surface area (TPSA) is 57.8 Å². The van der Waals surface area contributed by atoms with Gasteiger partial charge in [-0.3, -0.25) is 4.79 Å². The molecule has 0 spiro atoms. The van der Waals surface area contributed by atoms with E-state index in [9.17, 15) is 18.0 Å². The molecule has 2 aromatic heterocycles. The summed E-state index contributed by atoms with van der Waals surface area (Å²) in [5.41, 5.74) is 0.0235. The van der Waals surface area contributed by atoms with Crippen LogP contribution in [0.1, 0.15) is 16.3 Å². The summed E-state index contributed by atoms with van der Waals surface area (Å²) in [5.74, 6) is -0.343. The lowest BCUT2D eigenvalue weighted by Gasteiger charge is -2.07. The van der Waals surface area contributed by atoms with Gasteiger partial charge in [0.2, 0.25) is 5.91 Å². The Kier molecular flexibility index (Phi) is 4.43. The number of carbonyl (C=O) groups excluding carboxylic acids is 1. The van der Waals surface area contributed by atoms with Gasteiger partial charge in [0.1, 0.15) is 5.69 Å². The van der Waals surface area contributed by atoms with E-state index >= 15 is 0 Å². The Morgan fingerprint density at radius 2 is 2.19 bits per heavy atom. The quantitative estimate of drug-likeness (QED) is 0.842. The van der Waals surface area contributed by atoms with Gasteiger partial charge in [-0.25, -0.2) is 4.98 Å². The van der Waals surface area contributed by atoms with Crippen molar-refractivity contribution in [3.63, 3.8) is 0 Å². The summed E-state index contributed by atoms with van der Waals surface area (Å²) in [7, 11) is 0. The van der Waals surface area contributed by atoms with E-state index in [4.69, 9.17) is 12.2 Å². The number of halogens is 3. The molecule has 2 heterocycles. The number of nitrogens with one attached hydrogen (secondary N) is 2. The molecule has 21 heavy (non-hydrogen) atoms. The molecule has 1 amide bonds. The average molecular weight is 333 g/mol. The van der Waals surface area contributed by atoms with Crippen molar-refractivity contribution in [1.82, 2.24) is 9.97 Å². The summed E-state index contributed by atoms with van der Waals surface area (Å²) in [6, 6.07) is 1.99. The van der Waals surface area contributed by atoms with E-state index in [0.29, 0.717) is 3.95 Å². The van der Waals surface area contributed by atoms with Crippen molar-refractivity contribution < 1.29 is 18.0 Å². The highest BCUT2D eigenvalue weighted by molar-refractivity contribution is 7.73. The number of rotatable bonds is 3. The molecule has 0 bridgehead atoms. The average Bonchev–Trinajstić information content (AvgIpc) is 2.67. The highest BCUT2D eigenvalue weighted by Crippen LogP contribution is 2.27. The predicted molar refractivity (Wildman–Crippen MR) is 75.8 cm³/mol. The molecule has 4 nitrogen and oxygen atoms in total. The number of H-pyrrole nitrogens is 1. The third kappa shape index (κ3) is 4.11. The van der Waals surface area contributed by atoms with E-state index in [1.54, 1.807) is 6.92 Å². The van der Waals surface area contributed by atoms with E-state index < -0.39 is 11.9 Å². The number of nitrogens with zero attached hydrogens (tertiary/aromatic N) is 1. The van der Waals surface area contributed by atoms with E-state index in [1.807, 2.05) is 0 Å². The zero-order valence-corrected chi connectivity index (χ0v) is 12.4. The number of alkyl halides is 3. The van der Waals surface area contributed by atoms with Crippen LogP contribution in [-0.2, 0) is 17.4 Å². The number of aromatic nitrogens is 2. The number of amides is 1. The van der Waals surface area contributed by atoms with Gasteiger partial charge >= 0.3 is 6.18 Å². The van der Waals surface area contributed by atoms with Gasteiger partial charge in [0.15, 0.2) is 3.95 Å². The van der Waals surface area contributed by atoms with Gasteiger partial charge in [-0.1, -0.05) is 0 Å². The Bertz CT molecular complexity index is 704. The maximum absolute atomic E-state index is 12.4. The highest BCUT2D eigenvalue weighted by Gasteiger charge is 2.32. The molecule has 0 aliphatic heterocycles. The largest absolute Gasteiger partial charge is 0.433 e. The van der Waals surface area contributed by atoms with E-state index in [-0.39, 0.29) is 18.0 Å². The standard InChI is InChI=1S/C12H10F3N3OS2/c1-6-8(21-11(20)17-6)4-10(19)18-7-2-3-9(16-5-7)12(13,14)15/h2-3,5H,4H2,1H3,(H,17,20)(H,18,19). The van der Waals surface area contributed by atoms with Crippen LogP contribution in [-0.4, -0.2) is 15.9 Å². The minimum Gasteiger partial charge on any atom is -0.341 e. The first-order chi connectivity index (χ1) is 9.75. The number of thiazole rings is 1. The minimum absolute atomic E-state index is 0.102. The molecule has 0 saturated carbocycles. The molecule has 0 aromatic carbocycles. The Balaban J connectivity index is 2.03. The molecule has 2 aromatic rings. The van der Waals surface area contributed by atoms with Crippen molar-refractivity contribution in [3.05, 3.63) is 38.5 Å². The molecule has 2 rings (SSSR count). The first-order valence-electron chi connectivity index (χ1n) is 5.77. The zero-order chi connectivity index (χ0) is 15.6. The SMILES string of the molecule is Cc1[nH]c(=S)sc1CC(=O)Nc1ccc(C(F)(F)F)nc1. The maximum Gasteiger partial charge on any atom is 0.433 e. The molecule has 0 saturated heterocycles. The fraction of sp³-hybridized carbons (Fsp3) is 0.250. The minimum atomic E-state index is -4.49. The van der Waals surface area contributed by atoms with E-state index in [1.165, 1.54) is 17.4 Å². The zero-order valence-electron chi connectivity index (χ0n) is 10.7. The third-order valence-corrected chi connectivity index (χ3v) is 3.92. The molecule has 0 aliphatic rings. The summed E-state index contributed by atoms with van der Waals surface area (Å²) >= 11 is 6.26. The van der Waals surface area contributed by atoms with Crippen molar-refractivity contribution in [3.8, 4) is 0 Å². The second-order valence-electron chi connectivity index (χ2n) is 4.22. The molecule has 2 N–H and O–H groups in total. The Hall–Kier alpha value is -1.74. The van der Waals surface area contributed by atoms with Crippen LogP contribution in [0.3, 0.4) is 0 Å². The number of aromatic amines is 1. The van der Waals surface area contributed by atoms with Crippen LogP contribution in [0.2, 0.25) is 0 Å². The van der Waals surface area contributed by atoms with Gasteiger partial charge in [-0.2, -0.15) is 13.2 Å². The van der Waals surface area contributed by atoms with Gasteiger partial charge in [-0.15, -0.1) is 11.3 Å². The highest BCUT2D eigenvalue weighted by atomic mass is 32.1. The summed E-state index contributed by atoms with van der Waals surface area (Å²) in [4.78, 5) is 18.8. The van der Waals surface area contributed by atoms with Gasteiger partial charge in [0.25, 0.3) is 0 Å². The van der Waals surface area contributed by atoms with Crippen LogP contribution >= 0.6 is 23.6 Å². The second kappa shape index (κ2) is 5.94. The van der Waals surface area contributed by atoms with Crippen LogP contribution < -0.4 is 5.32 Å². The van der Waals surface area contributed by atoms with Crippen molar-refractivity contribution in [2.45, 2.75) is 19.5 Å². The summed E-state index contributed by atoms with van der Waals surface area (Å²) in [5, 5.41) is 2.50. The molecule has 0 fully saturated rings. The normalized spacial score (nSPS) is 11.4. The summed E-state index contributed by atoms with van der Waals surface area (Å²) < 4.78 is 37.6. The molecule has 0 unspecified atom stereocenters. The second-order valence-corrected chi connectivity index (χ2v) is 5.99. The van der Waals surface area contributed by atoms with Gasteiger partial charge in [0, 0.05) is 10.6 Å². The maximum atomic E-state index is 12.4. The number of hydrogen-bond acceptors (Lipinski definition) is 4. The number of hydrogen-bond donors (Lipinski definition) is 2. The number of aryl methyl sites for hydroxylation is 1. The molecule has 0 aliphatic carbocycles. The van der Waals surface area contributed by atoms with Crippen LogP contribution in [0.5, 0.6) is 0 Å². The summed E-state index contributed by atoms with van der Waals surface area (Å²) in [6.45, 7) is 1.80. The monoisotopic (exact) mass is 333 g/mol. The number of carbonyl (C=O) groups is 1. The van der Waals surface area contributed by atoms with Crippen molar-refractivity contribution in [1.29, 1.82) is 0 Å². The molecule has 9 heteroatoms. The third-order valence-electron chi connectivity index (χ3n) is 2.58. The fourth-order valence-corrected chi connectivity index (χ4v) is 2.88. The molecule has 0 radical (unpaired) electrons. The van der Waals surface area contributed by atoms with E-state index in [0.717, 1.165) is 22.8 Å². The molecule has 112 valence electrons. The van der Waals surface area contributed by atoms with Crippen molar-refractivity contribution in [2.24, 2.45) is 0 Å². The predicted octanol–water partition coefficient (Wildman–Crippen LogP) is 3.71. The Morgan fingerprint density at radius 3 is 2.67 bits per heavy atom. The fourth-order valence-electron chi connectivity index (χ4n) is 1.59. The van der Waals surface area contributed by atoms with Crippen LogP contribution in [0, 0.1) is 10.9 Å². The summed E-state index contributed by atoms with van der Waals surface area (Å²) in [6.07, 6.45) is -3.41. The Morgan fingerprint density at radius 1 is 1.48 bits per heavy atom. The lowest BCUT2D eigenvalue weighted by atomic mass is 10.2. The van der Waals surface area contributed by atoms with Gasteiger partial charge < -0.3 is 10.3 Å². The van der Waals surface area contributed by atoms with Crippen LogP contribution in [0.4, 0.5) is 18.9 Å².